The van der Waals surface area contributed by atoms with Gasteiger partial charge in [0.2, 0.25) is 5.91 Å². The van der Waals surface area contributed by atoms with Crippen LogP contribution in [0.2, 0.25) is 0 Å². The lowest BCUT2D eigenvalue weighted by molar-refractivity contribution is -0.119. The van der Waals surface area contributed by atoms with Gasteiger partial charge in [0, 0.05) is 57.3 Å². The largest absolute Gasteiger partial charge is 0.529 e. The van der Waals surface area contributed by atoms with Gasteiger partial charge in [-0.1, -0.05) is 36.4 Å². The predicted octanol–water partition coefficient (Wildman–Crippen LogP) is 3.73. The van der Waals surface area contributed by atoms with Gasteiger partial charge in [0.25, 0.3) is 5.91 Å². The summed E-state index contributed by atoms with van der Waals surface area (Å²) < 4.78 is 20.6. The van der Waals surface area contributed by atoms with Gasteiger partial charge >= 0.3 is 13.8 Å². The third-order valence-corrected chi connectivity index (χ3v) is 8.45. The molecule has 2 heterocycles. The Bertz CT molecular complexity index is 1640. The molecule has 2 aliphatic heterocycles. The van der Waals surface area contributed by atoms with Crippen LogP contribution >= 0.6 is 7.82 Å². The molecule has 1 saturated heterocycles. The van der Waals surface area contributed by atoms with Gasteiger partial charge < -0.3 is 25.0 Å². The molecule has 2 aliphatic rings. The Morgan fingerprint density at radius 3 is 2.34 bits per heavy atom. The second-order valence-corrected chi connectivity index (χ2v) is 12.0. The van der Waals surface area contributed by atoms with E-state index in [2.05, 4.69) is 36.5 Å². The van der Waals surface area contributed by atoms with E-state index < -0.39 is 19.7 Å². The Labute approximate surface area is 255 Å². The molecule has 3 N–H and O–H groups in total. The number of nitrogens with one attached hydrogen (secondary N) is 2. The van der Waals surface area contributed by atoms with E-state index in [1.165, 1.54) is 12.1 Å². The second-order valence-electron chi connectivity index (χ2n) is 10.6. The van der Waals surface area contributed by atoms with Crippen LogP contribution < -0.4 is 15.5 Å². The van der Waals surface area contributed by atoms with E-state index in [4.69, 9.17) is 0 Å². The number of piperazine rings is 1. The van der Waals surface area contributed by atoms with Crippen LogP contribution in [-0.2, 0) is 23.2 Å². The number of hydrogen-bond acceptors (Lipinski definition) is 9. The van der Waals surface area contributed by atoms with Crippen LogP contribution in [0, 0.1) is 0 Å². The highest BCUT2D eigenvalue weighted by Gasteiger charge is 2.31. The minimum absolute atomic E-state index is 0.00821. The molecule has 5 rings (SSSR count). The molecule has 230 valence electrons. The maximum Gasteiger partial charge on any atom is 0.529 e. The van der Waals surface area contributed by atoms with Crippen LogP contribution in [0.3, 0.4) is 0 Å². The van der Waals surface area contributed by atoms with E-state index in [9.17, 15) is 23.8 Å². The highest BCUT2D eigenvalue weighted by molar-refractivity contribution is 7.48. The number of anilines is 3. The quantitative estimate of drug-likeness (QED) is 0.240. The van der Waals surface area contributed by atoms with Crippen LogP contribution in [0.5, 0.6) is 0 Å². The zero-order chi connectivity index (χ0) is 31.4. The molecule has 12 nitrogen and oxygen atoms in total. The molecule has 0 aliphatic carbocycles. The van der Waals surface area contributed by atoms with Gasteiger partial charge in [0.15, 0.2) is 0 Å². The van der Waals surface area contributed by atoms with Crippen molar-refractivity contribution in [1.82, 2.24) is 9.80 Å². The summed E-state index contributed by atoms with van der Waals surface area (Å²) in [5.41, 5.74) is 3.90. The fourth-order valence-electron chi connectivity index (χ4n) is 4.99. The second kappa shape index (κ2) is 13.1. The summed E-state index contributed by atoms with van der Waals surface area (Å²) >= 11 is 0. The molecule has 44 heavy (non-hydrogen) atoms. The summed E-state index contributed by atoms with van der Waals surface area (Å²) in [7, 11) is 0.249. The number of phosphoric acid groups is 1. The summed E-state index contributed by atoms with van der Waals surface area (Å²) in [6.45, 7) is 3.95. The van der Waals surface area contributed by atoms with Crippen molar-refractivity contribution < 1.29 is 32.9 Å². The Morgan fingerprint density at radius 2 is 1.68 bits per heavy atom. The van der Waals surface area contributed by atoms with Gasteiger partial charge in [-0.2, -0.15) is 0 Å². The topological polar surface area (TPSA) is 141 Å². The Morgan fingerprint density at radius 1 is 1.00 bits per heavy atom. The van der Waals surface area contributed by atoms with Crippen molar-refractivity contribution in [2.75, 3.05) is 69.5 Å². The molecule has 0 spiro atoms. The van der Waals surface area contributed by atoms with E-state index >= 15 is 0 Å². The van der Waals surface area contributed by atoms with Crippen LogP contribution in [0.25, 0.3) is 11.3 Å². The summed E-state index contributed by atoms with van der Waals surface area (Å²) in [4.78, 5) is 54.2. The van der Waals surface area contributed by atoms with Crippen LogP contribution in [0.15, 0.2) is 72.8 Å². The summed E-state index contributed by atoms with van der Waals surface area (Å²) in [6, 6.07) is 21.1. The number of likely N-dealkylation sites (N-methyl/N-ethyl adjacent to an activating group) is 2. The monoisotopic (exact) mass is 619 g/mol. The third-order valence-electron chi connectivity index (χ3n) is 7.59. The fourth-order valence-corrected chi connectivity index (χ4v) is 5.38. The number of fused-ring (bicyclic) bond motifs is 1. The lowest BCUT2D eigenvalue weighted by Crippen LogP contribution is -2.48. The Balaban J connectivity index is 1.39. The molecule has 1 unspecified atom stereocenters. The Hall–Kier alpha value is -4.32. The molecular weight excluding hydrogens is 585 g/mol. The highest BCUT2D eigenvalue weighted by Crippen LogP contribution is 2.44. The van der Waals surface area contributed by atoms with Gasteiger partial charge in [-0.25, -0.2) is 9.36 Å². The molecule has 2 amide bonds. The van der Waals surface area contributed by atoms with Gasteiger partial charge in [-0.3, -0.25) is 23.9 Å². The summed E-state index contributed by atoms with van der Waals surface area (Å²) in [5, 5.41) is 6.14. The molecule has 1 fully saturated rings. The van der Waals surface area contributed by atoms with E-state index in [1.807, 2.05) is 54.6 Å². The molecular formula is C31H34N5O7P. The first kappa shape index (κ1) is 31.1. The van der Waals surface area contributed by atoms with Gasteiger partial charge in [-0.15, -0.1) is 0 Å². The van der Waals surface area contributed by atoms with E-state index in [-0.39, 0.29) is 11.5 Å². The zero-order valence-electron chi connectivity index (χ0n) is 24.6. The summed E-state index contributed by atoms with van der Waals surface area (Å²) in [6.07, 6.45) is 0. The highest BCUT2D eigenvalue weighted by atomic mass is 31.2. The van der Waals surface area contributed by atoms with Gasteiger partial charge in [-0.05, 0) is 49.0 Å². The molecule has 3 aromatic rings. The number of phosphoric ester groups is 1. The smallest absolute Gasteiger partial charge is 0.367 e. The first-order chi connectivity index (χ1) is 21.0. The first-order valence-corrected chi connectivity index (χ1v) is 15.5. The van der Waals surface area contributed by atoms with Crippen LogP contribution in [-0.4, -0.2) is 86.4 Å². The van der Waals surface area contributed by atoms with Crippen molar-refractivity contribution in [1.29, 1.82) is 0 Å². The van der Waals surface area contributed by atoms with Crippen molar-refractivity contribution in [3.8, 4) is 0 Å². The first-order valence-electron chi connectivity index (χ1n) is 14.0. The van der Waals surface area contributed by atoms with E-state index in [1.54, 1.807) is 18.0 Å². The molecule has 0 aromatic heterocycles. The molecule has 0 saturated carbocycles. The lowest BCUT2D eigenvalue weighted by Gasteiger charge is -2.32. The molecule has 3 aromatic carbocycles. The molecule has 1 atom stereocenters. The maximum atomic E-state index is 13.3. The molecule has 0 bridgehead atoms. The van der Waals surface area contributed by atoms with Crippen molar-refractivity contribution in [3.05, 3.63) is 89.5 Å². The van der Waals surface area contributed by atoms with Crippen LogP contribution in [0.1, 0.15) is 21.5 Å². The van der Waals surface area contributed by atoms with E-state index in [0.717, 1.165) is 44.5 Å². The van der Waals surface area contributed by atoms with Crippen molar-refractivity contribution in [3.63, 3.8) is 0 Å². The fraction of sp³-hybridized carbons (Fsp3) is 0.258. The molecule has 13 heteroatoms. The lowest BCUT2D eigenvalue weighted by atomic mass is 9.99. The van der Waals surface area contributed by atoms with Crippen molar-refractivity contribution >= 4 is 53.9 Å². The minimum Gasteiger partial charge on any atom is -0.367 e. The van der Waals surface area contributed by atoms with Crippen molar-refractivity contribution in [2.45, 2.75) is 0 Å². The van der Waals surface area contributed by atoms with Crippen molar-refractivity contribution in [2.24, 2.45) is 0 Å². The zero-order valence-corrected chi connectivity index (χ0v) is 25.5. The number of rotatable bonds is 9. The van der Waals surface area contributed by atoms with E-state index in [0.29, 0.717) is 34.8 Å². The number of benzene rings is 3. The predicted molar refractivity (Wildman–Crippen MR) is 168 cm³/mol. The third kappa shape index (κ3) is 7.07. The van der Waals surface area contributed by atoms with Gasteiger partial charge in [0.05, 0.1) is 29.1 Å². The maximum absolute atomic E-state index is 13.3. The summed E-state index contributed by atoms with van der Waals surface area (Å²) in [5.74, 6) is -1.46. The number of carbonyl (C=O) groups is 3. The SMILES string of the molecule is COP(=O)(O)OC(=O)c1ccc2c(c1)NC(=O)/C2=C(\Nc1ccc(N(C)C(=O)CN2CCN(C)CC2)cc1)c1ccccc1. The van der Waals surface area contributed by atoms with Crippen LogP contribution in [0.4, 0.5) is 17.1 Å². The Kier molecular flexibility index (Phi) is 9.28. The normalized spacial score (nSPS) is 17.7. The number of carbonyl (C=O) groups excluding carboxylic acids is 3. The minimum atomic E-state index is -4.54. The average Bonchev–Trinajstić information content (AvgIpc) is 3.35. The van der Waals surface area contributed by atoms with Gasteiger partial charge in [0.1, 0.15) is 0 Å². The standard InChI is InChI=1S/C31H34N5O7P/c1-34-15-17-36(18-16-34)20-27(37)35(2)24-12-10-23(11-13-24)32-29(21-7-5-4-6-8-21)28-25-14-9-22(19-26(25)33-30(28)38)31(39)43-44(40,41)42-3/h4-14,19,32H,15-18,20H2,1-3H3,(H,33,38)(H,40,41)/b29-28-. The molecule has 0 radical (unpaired) electrons. The number of amides is 2. The number of hydrogen-bond donors (Lipinski definition) is 3. The average molecular weight is 620 g/mol. The number of nitrogens with zero attached hydrogens (tertiary/aromatic N) is 3.